The molecule has 3 amide bonds. The second-order valence-electron chi connectivity index (χ2n) is 7.27. The number of carbonyl (C=O) groups excluding carboxylic acids is 3. The van der Waals surface area contributed by atoms with Crippen molar-refractivity contribution in [2.24, 2.45) is 11.7 Å². The molecule has 0 rings (SSSR count). The number of aliphatic hydroxyl groups excluding tert-OH is 2. The molecule has 11 nitrogen and oxygen atoms in total. The number of hydrogen-bond donors (Lipinski definition) is 8. The summed E-state index contributed by atoms with van der Waals surface area (Å²) in [5.41, 5.74) is 5.78. The lowest BCUT2D eigenvalue weighted by molar-refractivity contribution is -0.146. The number of aliphatic hydroxyl groups is 2. The van der Waals surface area contributed by atoms with E-state index in [2.05, 4.69) is 28.6 Å². The number of carboxylic acid groups (broad SMARTS) is 1. The summed E-state index contributed by atoms with van der Waals surface area (Å²) in [6, 6.07) is -5.12. The Hall–Kier alpha value is -1.89. The van der Waals surface area contributed by atoms with Crippen molar-refractivity contribution in [3.8, 4) is 0 Å². The zero-order valence-electron chi connectivity index (χ0n) is 17.0. The van der Waals surface area contributed by atoms with Crippen molar-refractivity contribution in [2.75, 3.05) is 5.75 Å². The SMILES string of the molecule is CC(C)CC(N)C(=O)NC(CS)C(=O)NC(C(=O)NC(C(=O)O)C(C)O)C(C)O. The average Bonchev–Trinajstić information content (AvgIpc) is 2.59. The van der Waals surface area contributed by atoms with Crippen molar-refractivity contribution in [1.29, 1.82) is 0 Å². The molecule has 6 atom stereocenters. The maximum Gasteiger partial charge on any atom is 0.328 e. The van der Waals surface area contributed by atoms with Crippen LogP contribution in [-0.4, -0.2) is 81.1 Å². The third-order valence-corrected chi connectivity index (χ3v) is 4.35. The van der Waals surface area contributed by atoms with Crippen LogP contribution in [0.2, 0.25) is 0 Å². The molecule has 8 N–H and O–H groups in total. The fraction of sp³-hybridized carbons (Fsp3) is 0.765. The highest BCUT2D eigenvalue weighted by Gasteiger charge is 2.33. The number of nitrogens with two attached hydrogens (primary N) is 1. The molecule has 0 bridgehead atoms. The first kappa shape index (κ1) is 27.1. The van der Waals surface area contributed by atoms with E-state index in [1.54, 1.807) is 0 Å². The molecule has 0 aromatic heterocycles. The van der Waals surface area contributed by atoms with Crippen LogP contribution in [0.15, 0.2) is 0 Å². The Morgan fingerprint density at radius 2 is 1.34 bits per heavy atom. The van der Waals surface area contributed by atoms with E-state index >= 15 is 0 Å². The minimum absolute atomic E-state index is 0.106. The maximum absolute atomic E-state index is 12.5. The molecular weight excluding hydrogens is 404 g/mol. The molecule has 0 aliphatic carbocycles. The third kappa shape index (κ3) is 9.43. The van der Waals surface area contributed by atoms with Gasteiger partial charge in [0.1, 0.15) is 12.1 Å². The van der Waals surface area contributed by atoms with Gasteiger partial charge < -0.3 is 37.0 Å². The number of nitrogens with one attached hydrogen (secondary N) is 3. The Kier molecular flexibility index (Phi) is 11.8. The van der Waals surface area contributed by atoms with Gasteiger partial charge in [0.05, 0.1) is 18.2 Å². The fourth-order valence-electron chi connectivity index (χ4n) is 2.38. The summed E-state index contributed by atoms with van der Waals surface area (Å²) >= 11 is 4.01. The first-order valence-electron chi connectivity index (χ1n) is 9.18. The maximum atomic E-state index is 12.5. The van der Waals surface area contributed by atoms with Crippen molar-refractivity contribution in [3.63, 3.8) is 0 Å². The lowest BCUT2D eigenvalue weighted by Crippen LogP contribution is -2.61. The van der Waals surface area contributed by atoms with Crippen LogP contribution in [0, 0.1) is 5.92 Å². The zero-order valence-corrected chi connectivity index (χ0v) is 17.8. The van der Waals surface area contributed by atoms with Crippen LogP contribution >= 0.6 is 12.6 Å². The normalized spacial score (nSPS) is 17.4. The molecule has 0 radical (unpaired) electrons. The van der Waals surface area contributed by atoms with Crippen molar-refractivity contribution in [3.05, 3.63) is 0 Å². The second-order valence-corrected chi connectivity index (χ2v) is 7.64. The van der Waals surface area contributed by atoms with Gasteiger partial charge in [0.15, 0.2) is 6.04 Å². The number of aliphatic carboxylic acids is 1. The first-order valence-corrected chi connectivity index (χ1v) is 9.81. The number of amides is 3. The van der Waals surface area contributed by atoms with Crippen LogP contribution in [0.25, 0.3) is 0 Å². The van der Waals surface area contributed by atoms with E-state index in [0.717, 1.165) is 0 Å². The molecule has 6 unspecified atom stereocenters. The summed E-state index contributed by atoms with van der Waals surface area (Å²) in [4.78, 5) is 48.0. The lowest BCUT2D eigenvalue weighted by atomic mass is 10.0. The van der Waals surface area contributed by atoms with Crippen LogP contribution in [0.3, 0.4) is 0 Å². The zero-order chi connectivity index (χ0) is 22.9. The van der Waals surface area contributed by atoms with Crippen LogP contribution in [0.1, 0.15) is 34.1 Å². The monoisotopic (exact) mass is 436 g/mol. The van der Waals surface area contributed by atoms with Crippen LogP contribution in [-0.2, 0) is 19.2 Å². The van der Waals surface area contributed by atoms with E-state index in [1.807, 2.05) is 13.8 Å². The van der Waals surface area contributed by atoms with E-state index in [9.17, 15) is 29.4 Å². The summed E-state index contributed by atoms with van der Waals surface area (Å²) in [5, 5.41) is 35.1. The van der Waals surface area contributed by atoms with Gasteiger partial charge in [-0.15, -0.1) is 0 Å². The average molecular weight is 437 g/mol. The standard InChI is InChI=1S/C17H32N4O7S/c1-7(2)5-10(18)14(24)19-11(6-29)15(25)20-12(8(3)22)16(26)21-13(9(4)23)17(27)28/h7-13,22-23,29H,5-6,18H2,1-4H3,(H,19,24)(H,20,25)(H,21,26)(H,27,28). The van der Waals surface area contributed by atoms with Gasteiger partial charge in [-0.2, -0.15) is 12.6 Å². The highest BCUT2D eigenvalue weighted by Crippen LogP contribution is 2.04. The Morgan fingerprint density at radius 1 is 0.862 bits per heavy atom. The first-order chi connectivity index (χ1) is 13.3. The van der Waals surface area contributed by atoms with Crippen molar-refractivity contribution in [2.45, 2.75) is 70.5 Å². The third-order valence-electron chi connectivity index (χ3n) is 3.99. The van der Waals surface area contributed by atoms with Gasteiger partial charge >= 0.3 is 5.97 Å². The minimum Gasteiger partial charge on any atom is -0.480 e. The number of carboxylic acids is 1. The summed E-state index contributed by atoms with van der Waals surface area (Å²) in [6.07, 6.45) is -2.39. The van der Waals surface area contributed by atoms with Crippen molar-refractivity contribution in [1.82, 2.24) is 16.0 Å². The summed E-state index contributed by atoms with van der Waals surface area (Å²) in [7, 11) is 0. The molecule has 12 heteroatoms. The molecule has 0 aliphatic heterocycles. The van der Waals surface area contributed by atoms with Gasteiger partial charge in [0.25, 0.3) is 0 Å². The molecule has 0 fully saturated rings. The smallest absolute Gasteiger partial charge is 0.328 e. The predicted octanol–water partition coefficient (Wildman–Crippen LogP) is -2.41. The molecular formula is C17H32N4O7S. The van der Waals surface area contributed by atoms with E-state index in [4.69, 9.17) is 10.8 Å². The number of thiol groups is 1. The molecule has 0 spiro atoms. The number of carbonyl (C=O) groups is 4. The van der Waals surface area contributed by atoms with Gasteiger partial charge in [-0.25, -0.2) is 4.79 Å². The summed E-state index contributed by atoms with van der Waals surface area (Å²) < 4.78 is 0. The summed E-state index contributed by atoms with van der Waals surface area (Å²) in [5.74, 6) is -3.81. The molecule has 29 heavy (non-hydrogen) atoms. The van der Waals surface area contributed by atoms with Crippen LogP contribution < -0.4 is 21.7 Å². The molecule has 168 valence electrons. The Balaban J connectivity index is 5.16. The summed E-state index contributed by atoms with van der Waals surface area (Å²) in [6.45, 7) is 6.16. The molecule has 0 heterocycles. The molecule has 0 aromatic carbocycles. The Labute approximate surface area is 175 Å². The Bertz CT molecular complexity index is 586. The van der Waals surface area contributed by atoms with E-state index in [0.29, 0.717) is 6.42 Å². The largest absolute Gasteiger partial charge is 0.480 e. The van der Waals surface area contributed by atoms with Crippen molar-refractivity contribution < 1.29 is 34.5 Å². The quantitative estimate of drug-likeness (QED) is 0.155. The van der Waals surface area contributed by atoms with Gasteiger partial charge in [-0.1, -0.05) is 13.8 Å². The lowest BCUT2D eigenvalue weighted by Gasteiger charge is -2.26. The minimum atomic E-state index is -1.63. The number of rotatable bonds is 12. The molecule has 0 saturated heterocycles. The topological polar surface area (TPSA) is 191 Å². The second kappa shape index (κ2) is 12.6. The fourth-order valence-corrected chi connectivity index (χ4v) is 2.64. The molecule has 0 aliphatic rings. The van der Waals surface area contributed by atoms with E-state index in [-0.39, 0.29) is 11.7 Å². The number of hydrogen-bond acceptors (Lipinski definition) is 8. The highest BCUT2D eigenvalue weighted by atomic mass is 32.1. The highest BCUT2D eigenvalue weighted by molar-refractivity contribution is 7.80. The van der Waals surface area contributed by atoms with Crippen molar-refractivity contribution >= 4 is 36.3 Å². The predicted molar refractivity (Wildman–Crippen MR) is 108 cm³/mol. The van der Waals surface area contributed by atoms with E-state index in [1.165, 1.54) is 13.8 Å². The van der Waals surface area contributed by atoms with E-state index < -0.39 is 60.1 Å². The van der Waals surface area contributed by atoms with Crippen LogP contribution in [0.5, 0.6) is 0 Å². The molecule has 0 saturated carbocycles. The van der Waals surface area contributed by atoms with Crippen LogP contribution in [0.4, 0.5) is 0 Å². The van der Waals surface area contributed by atoms with Gasteiger partial charge in [-0.3, -0.25) is 14.4 Å². The van der Waals surface area contributed by atoms with Gasteiger partial charge in [0, 0.05) is 5.75 Å². The molecule has 0 aromatic rings. The Morgan fingerprint density at radius 3 is 1.72 bits per heavy atom. The van der Waals surface area contributed by atoms with Gasteiger partial charge in [0.2, 0.25) is 17.7 Å². The van der Waals surface area contributed by atoms with Gasteiger partial charge in [-0.05, 0) is 26.2 Å².